The summed E-state index contributed by atoms with van der Waals surface area (Å²) in [5.74, 6) is -3.69. The number of thiophene rings is 1. The third kappa shape index (κ3) is 6.44. The molecule has 5 rings (SSSR count). The van der Waals surface area contributed by atoms with Crippen molar-refractivity contribution in [2.24, 2.45) is 5.92 Å². The van der Waals surface area contributed by atoms with Crippen LogP contribution < -0.4 is 5.32 Å². The number of ether oxygens (including phenoxy) is 2. The smallest absolute Gasteiger partial charge is 0.341 e. The van der Waals surface area contributed by atoms with Gasteiger partial charge in [-0.3, -0.25) is 19.3 Å². The number of halogens is 4. The van der Waals surface area contributed by atoms with Gasteiger partial charge in [0.15, 0.2) is 6.61 Å². The second-order valence-corrected chi connectivity index (χ2v) is 13.2. The van der Waals surface area contributed by atoms with Crippen LogP contribution in [0.15, 0.2) is 30.3 Å². The lowest BCUT2D eigenvalue weighted by molar-refractivity contribution is -0.151. The molecule has 9 nitrogen and oxygen atoms in total. The predicted octanol–water partition coefficient (Wildman–Crippen LogP) is 7.05. The summed E-state index contributed by atoms with van der Waals surface area (Å²) >= 11 is 26.2. The van der Waals surface area contributed by atoms with Gasteiger partial charge < -0.3 is 14.8 Å². The minimum Gasteiger partial charge on any atom is -0.462 e. The van der Waals surface area contributed by atoms with Crippen LogP contribution in [0.5, 0.6) is 0 Å². The van der Waals surface area contributed by atoms with E-state index in [9.17, 15) is 24.0 Å². The number of anilines is 1. The number of rotatable bonds is 9. The molecule has 0 fully saturated rings. The maximum atomic E-state index is 13.6. The number of carbonyl (C=O) groups is 5. The standard InChI is InChI=1S/C31H26Cl4N2O7S/c1-3-43-31(42)20-16-10-9-14(2)11-18(16)45-27(20)36-19(38)13-44-30(41)17(12-15-7-5-4-6-8-15)37-28(39)21-22(29(37)40)24(33)26(35)25(34)23(21)32/h4-8,14,17H,3,9-13H2,1-2H3,(H,36,38)/t14-,17+/m1/s1. The molecule has 1 aromatic heterocycles. The maximum Gasteiger partial charge on any atom is 0.341 e. The lowest BCUT2D eigenvalue weighted by atomic mass is 9.88. The first-order chi connectivity index (χ1) is 21.4. The highest BCUT2D eigenvalue weighted by molar-refractivity contribution is 7.17. The third-order valence-corrected chi connectivity index (χ3v) is 10.5. The molecular formula is C31H26Cl4N2O7S. The molecule has 1 aliphatic carbocycles. The zero-order valence-corrected chi connectivity index (χ0v) is 27.8. The molecule has 2 atom stereocenters. The quantitative estimate of drug-likeness (QED) is 0.109. The highest BCUT2D eigenvalue weighted by Crippen LogP contribution is 2.45. The molecule has 14 heteroatoms. The molecule has 0 radical (unpaired) electrons. The van der Waals surface area contributed by atoms with Crippen LogP contribution >= 0.6 is 57.7 Å². The topological polar surface area (TPSA) is 119 Å². The van der Waals surface area contributed by atoms with Crippen molar-refractivity contribution in [1.29, 1.82) is 0 Å². The van der Waals surface area contributed by atoms with Crippen molar-refractivity contribution in [2.75, 3.05) is 18.5 Å². The van der Waals surface area contributed by atoms with Crippen molar-refractivity contribution in [3.05, 3.63) is 83.1 Å². The molecular weight excluding hydrogens is 686 g/mol. The molecule has 2 heterocycles. The van der Waals surface area contributed by atoms with Crippen molar-refractivity contribution in [2.45, 2.75) is 45.6 Å². The normalized spacial score (nSPS) is 16.2. The number of amides is 3. The number of imide groups is 1. The molecule has 0 saturated heterocycles. The summed E-state index contributed by atoms with van der Waals surface area (Å²) in [5.41, 5.74) is 1.20. The van der Waals surface area contributed by atoms with Crippen molar-refractivity contribution in [3.8, 4) is 0 Å². The minimum absolute atomic E-state index is 0.133. The van der Waals surface area contributed by atoms with Gasteiger partial charge in [0.25, 0.3) is 17.7 Å². The predicted molar refractivity (Wildman–Crippen MR) is 172 cm³/mol. The van der Waals surface area contributed by atoms with Gasteiger partial charge in [0.05, 0.1) is 43.4 Å². The molecule has 0 unspecified atom stereocenters. The number of esters is 2. The van der Waals surface area contributed by atoms with Crippen LogP contribution in [0.4, 0.5) is 5.00 Å². The van der Waals surface area contributed by atoms with Gasteiger partial charge in [-0.05, 0) is 43.2 Å². The monoisotopic (exact) mass is 710 g/mol. The van der Waals surface area contributed by atoms with Gasteiger partial charge >= 0.3 is 11.9 Å². The first-order valence-electron chi connectivity index (χ1n) is 14.0. The highest BCUT2D eigenvalue weighted by Gasteiger charge is 2.47. The number of nitrogens with one attached hydrogen (secondary N) is 1. The summed E-state index contributed by atoms with van der Waals surface area (Å²) in [6.45, 7) is 3.23. The molecule has 2 aromatic carbocycles. The van der Waals surface area contributed by atoms with Crippen molar-refractivity contribution in [1.82, 2.24) is 4.90 Å². The first kappa shape index (κ1) is 33.2. The van der Waals surface area contributed by atoms with Gasteiger partial charge in [-0.1, -0.05) is 83.7 Å². The van der Waals surface area contributed by atoms with Gasteiger partial charge in [0, 0.05) is 11.3 Å². The largest absolute Gasteiger partial charge is 0.462 e. The van der Waals surface area contributed by atoms with E-state index in [1.165, 1.54) is 11.3 Å². The van der Waals surface area contributed by atoms with Gasteiger partial charge in [0.1, 0.15) is 11.0 Å². The Morgan fingerprint density at radius 1 is 0.978 bits per heavy atom. The Bertz CT molecular complexity index is 1680. The van der Waals surface area contributed by atoms with E-state index in [2.05, 4.69) is 12.2 Å². The van der Waals surface area contributed by atoms with Crippen LogP contribution in [0.25, 0.3) is 0 Å². The van der Waals surface area contributed by atoms with Crippen LogP contribution in [-0.2, 0) is 38.3 Å². The fourth-order valence-corrected chi connectivity index (χ4v) is 7.85. The minimum atomic E-state index is -1.50. The lowest BCUT2D eigenvalue weighted by Gasteiger charge is -2.24. The molecule has 2 aliphatic rings. The Morgan fingerprint density at radius 2 is 1.60 bits per heavy atom. The van der Waals surface area contributed by atoms with Gasteiger partial charge in [-0.15, -0.1) is 11.3 Å². The second kappa shape index (κ2) is 13.7. The van der Waals surface area contributed by atoms with E-state index in [-0.39, 0.29) is 44.2 Å². The summed E-state index contributed by atoms with van der Waals surface area (Å²) in [6, 6.07) is 7.13. The SMILES string of the molecule is CCOC(=O)c1c(NC(=O)COC(=O)[C@H](Cc2ccccc2)N2C(=O)c3c(Cl)c(Cl)c(Cl)c(Cl)c3C2=O)sc2c1CC[C@@H](C)C2. The summed E-state index contributed by atoms with van der Waals surface area (Å²) < 4.78 is 10.6. The number of fused-ring (bicyclic) bond motifs is 2. The zero-order valence-electron chi connectivity index (χ0n) is 24.0. The van der Waals surface area contributed by atoms with Gasteiger partial charge in [-0.2, -0.15) is 0 Å². The van der Waals surface area contributed by atoms with Crippen molar-refractivity contribution in [3.63, 3.8) is 0 Å². The van der Waals surface area contributed by atoms with Crippen LogP contribution in [0, 0.1) is 5.92 Å². The van der Waals surface area contributed by atoms with E-state index < -0.39 is 42.3 Å². The average Bonchev–Trinajstić information content (AvgIpc) is 3.49. The fourth-order valence-electron chi connectivity index (χ4n) is 5.42. The number of hydrogen-bond donors (Lipinski definition) is 1. The summed E-state index contributed by atoms with van der Waals surface area (Å²) in [7, 11) is 0. The number of hydrogen-bond acceptors (Lipinski definition) is 8. The van der Waals surface area contributed by atoms with E-state index >= 15 is 0 Å². The molecule has 45 heavy (non-hydrogen) atoms. The highest BCUT2D eigenvalue weighted by atomic mass is 35.5. The van der Waals surface area contributed by atoms with Crippen LogP contribution in [0.3, 0.4) is 0 Å². The molecule has 3 aromatic rings. The molecule has 0 spiro atoms. The van der Waals surface area contributed by atoms with Crippen molar-refractivity contribution >= 4 is 92.4 Å². The molecule has 236 valence electrons. The Morgan fingerprint density at radius 3 is 2.20 bits per heavy atom. The van der Waals surface area contributed by atoms with Crippen LogP contribution in [0.1, 0.15) is 67.3 Å². The van der Waals surface area contributed by atoms with Crippen molar-refractivity contribution < 1.29 is 33.4 Å². The lowest BCUT2D eigenvalue weighted by Crippen LogP contribution is -2.47. The Balaban J connectivity index is 1.39. The van der Waals surface area contributed by atoms with Crippen LogP contribution in [-0.4, -0.2) is 53.8 Å². The Hall–Kier alpha value is -3.15. The molecule has 3 amide bonds. The summed E-state index contributed by atoms with van der Waals surface area (Å²) in [5, 5.41) is 2.01. The molecule has 1 N–H and O–H groups in total. The Kier molecular flexibility index (Phi) is 10.1. The Labute approximate surface area is 282 Å². The van der Waals surface area contributed by atoms with Gasteiger partial charge in [-0.25, -0.2) is 9.59 Å². The molecule has 0 saturated carbocycles. The van der Waals surface area contributed by atoms with E-state index in [0.717, 1.165) is 23.3 Å². The van der Waals surface area contributed by atoms with E-state index in [4.69, 9.17) is 55.9 Å². The van der Waals surface area contributed by atoms with E-state index in [0.29, 0.717) is 33.4 Å². The third-order valence-electron chi connectivity index (χ3n) is 7.58. The van der Waals surface area contributed by atoms with Gasteiger partial charge in [0.2, 0.25) is 0 Å². The number of carbonyl (C=O) groups excluding carboxylic acids is 5. The molecule has 1 aliphatic heterocycles. The number of benzene rings is 2. The van der Waals surface area contributed by atoms with E-state index in [1.54, 1.807) is 37.3 Å². The second-order valence-electron chi connectivity index (χ2n) is 10.6. The summed E-state index contributed by atoms with van der Waals surface area (Å²) in [4.78, 5) is 68.2. The molecule has 0 bridgehead atoms. The zero-order chi connectivity index (χ0) is 32.6. The average molecular weight is 712 g/mol. The maximum absolute atomic E-state index is 13.6. The first-order valence-corrected chi connectivity index (χ1v) is 16.3. The van der Waals surface area contributed by atoms with E-state index in [1.807, 2.05) is 0 Å². The fraction of sp³-hybridized carbons (Fsp3) is 0.323. The number of nitrogens with zero attached hydrogens (tertiary/aromatic N) is 1. The summed E-state index contributed by atoms with van der Waals surface area (Å²) in [6.07, 6.45) is 2.21. The van der Waals surface area contributed by atoms with Crippen LogP contribution in [0.2, 0.25) is 20.1 Å².